The molecule has 0 radical (unpaired) electrons. The van der Waals surface area contributed by atoms with E-state index in [0.29, 0.717) is 3.92 Å². The molecular formula is C7H12INO. The van der Waals surface area contributed by atoms with E-state index >= 15 is 0 Å². The first-order chi connectivity index (χ1) is 4.70. The largest absolute Gasteiger partial charge is 0.342 e. The van der Waals surface area contributed by atoms with E-state index in [1.54, 1.807) is 6.92 Å². The van der Waals surface area contributed by atoms with Crippen molar-refractivity contribution in [2.45, 2.75) is 23.7 Å². The monoisotopic (exact) mass is 253 g/mol. The Morgan fingerprint density at radius 1 is 1.70 bits per heavy atom. The first-order valence-electron chi connectivity index (χ1n) is 3.59. The van der Waals surface area contributed by atoms with Gasteiger partial charge in [0.25, 0.3) is 0 Å². The molecule has 0 spiro atoms. The van der Waals surface area contributed by atoms with Crippen molar-refractivity contribution in [3.63, 3.8) is 0 Å². The summed E-state index contributed by atoms with van der Waals surface area (Å²) in [6.45, 7) is 3.57. The molecule has 3 heteroatoms. The van der Waals surface area contributed by atoms with Crippen LogP contribution in [0.15, 0.2) is 0 Å². The van der Waals surface area contributed by atoms with E-state index in [9.17, 15) is 4.79 Å². The van der Waals surface area contributed by atoms with Gasteiger partial charge < -0.3 is 4.90 Å². The number of piperidine rings is 1. The van der Waals surface area contributed by atoms with Crippen LogP contribution in [-0.4, -0.2) is 27.8 Å². The lowest BCUT2D eigenvalue weighted by Gasteiger charge is -2.28. The summed E-state index contributed by atoms with van der Waals surface area (Å²) in [5, 5.41) is 0. The van der Waals surface area contributed by atoms with Gasteiger partial charge in [-0.25, -0.2) is 0 Å². The van der Waals surface area contributed by atoms with Gasteiger partial charge in [-0.1, -0.05) is 22.6 Å². The van der Waals surface area contributed by atoms with Crippen molar-refractivity contribution in [1.82, 2.24) is 4.90 Å². The molecule has 1 heterocycles. The molecule has 0 aromatic carbocycles. The third-order valence-electron chi connectivity index (χ3n) is 1.81. The van der Waals surface area contributed by atoms with E-state index in [0.717, 1.165) is 13.1 Å². The van der Waals surface area contributed by atoms with E-state index in [-0.39, 0.29) is 5.91 Å². The van der Waals surface area contributed by atoms with Gasteiger partial charge in [-0.05, 0) is 12.8 Å². The topological polar surface area (TPSA) is 20.3 Å². The van der Waals surface area contributed by atoms with Gasteiger partial charge in [-0.15, -0.1) is 0 Å². The molecule has 1 saturated heterocycles. The van der Waals surface area contributed by atoms with Gasteiger partial charge in [0, 0.05) is 23.9 Å². The van der Waals surface area contributed by atoms with Gasteiger partial charge in [0.2, 0.25) is 5.91 Å². The third kappa shape index (κ3) is 2.11. The van der Waals surface area contributed by atoms with Crippen LogP contribution in [0.25, 0.3) is 0 Å². The van der Waals surface area contributed by atoms with Crippen molar-refractivity contribution in [1.29, 1.82) is 0 Å². The Kier molecular flexibility index (Phi) is 2.95. The number of hydrogen-bond donors (Lipinski definition) is 0. The maximum Gasteiger partial charge on any atom is 0.219 e. The number of rotatable bonds is 0. The predicted molar refractivity (Wildman–Crippen MR) is 49.3 cm³/mol. The second-order valence-corrected chi connectivity index (χ2v) is 4.47. The van der Waals surface area contributed by atoms with Crippen LogP contribution < -0.4 is 0 Å². The lowest BCUT2D eigenvalue weighted by atomic mass is 10.1. The molecule has 1 rings (SSSR count). The molecule has 1 aliphatic heterocycles. The number of halogens is 1. The summed E-state index contributed by atoms with van der Waals surface area (Å²) in [6, 6.07) is 0. The highest BCUT2D eigenvalue weighted by Gasteiger charge is 2.18. The Balaban J connectivity index is 2.39. The summed E-state index contributed by atoms with van der Waals surface area (Å²) in [5.41, 5.74) is 0. The molecule has 2 nitrogen and oxygen atoms in total. The summed E-state index contributed by atoms with van der Waals surface area (Å²) in [7, 11) is 0. The van der Waals surface area contributed by atoms with Gasteiger partial charge in [0.1, 0.15) is 0 Å². The van der Waals surface area contributed by atoms with Crippen molar-refractivity contribution in [3.05, 3.63) is 0 Å². The van der Waals surface area contributed by atoms with Gasteiger partial charge in [-0.2, -0.15) is 0 Å². The van der Waals surface area contributed by atoms with Crippen molar-refractivity contribution >= 4 is 28.5 Å². The molecule has 1 atom stereocenters. The van der Waals surface area contributed by atoms with E-state index in [1.165, 1.54) is 12.8 Å². The minimum absolute atomic E-state index is 0.223. The normalized spacial score (nSPS) is 26.6. The fraction of sp³-hybridized carbons (Fsp3) is 0.857. The third-order valence-corrected chi connectivity index (χ3v) is 2.83. The maximum atomic E-state index is 10.9. The van der Waals surface area contributed by atoms with Gasteiger partial charge in [-0.3, -0.25) is 4.79 Å². The van der Waals surface area contributed by atoms with E-state index < -0.39 is 0 Å². The van der Waals surface area contributed by atoms with Crippen LogP contribution >= 0.6 is 22.6 Å². The number of hydrogen-bond acceptors (Lipinski definition) is 1. The predicted octanol–water partition coefficient (Wildman–Crippen LogP) is 1.43. The Hall–Kier alpha value is 0.200. The number of nitrogens with zero attached hydrogens (tertiary/aromatic N) is 1. The van der Waals surface area contributed by atoms with Crippen LogP contribution in [0.1, 0.15) is 19.8 Å². The summed E-state index contributed by atoms with van der Waals surface area (Å²) >= 11 is 2.41. The Morgan fingerprint density at radius 2 is 2.40 bits per heavy atom. The smallest absolute Gasteiger partial charge is 0.219 e. The number of carbonyl (C=O) groups is 1. The second-order valence-electron chi connectivity index (χ2n) is 2.70. The Morgan fingerprint density at radius 3 is 2.80 bits per heavy atom. The van der Waals surface area contributed by atoms with Crippen LogP contribution in [0.5, 0.6) is 0 Å². The molecule has 0 aliphatic carbocycles. The minimum Gasteiger partial charge on any atom is -0.342 e. The quantitative estimate of drug-likeness (QED) is 0.472. The zero-order valence-electron chi connectivity index (χ0n) is 6.14. The first kappa shape index (κ1) is 8.30. The number of amides is 1. The fourth-order valence-electron chi connectivity index (χ4n) is 1.21. The molecule has 1 unspecified atom stereocenters. The molecule has 1 amide bonds. The van der Waals surface area contributed by atoms with Gasteiger partial charge in [0.05, 0.1) is 0 Å². The average molecular weight is 253 g/mol. The minimum atomic E-state index is 0.223. The Labute approximate surface area is 75.1 Å². The standard InChI is InChI=1S/C7H12INO/c1-6(10)9-4-2-3-7(8)5-9/h7H,2-5H2,1H3. The highest BCUT2D eigenvalue weighted by Crippen LogP contribution is 2.16. The van der Waals surface area contributed by atoms with Gasteiger partial charge >= 0.3 is 0 Å². The van der Waals surface area contributed by atoms with Crippen molar-refractivity contribution < 1.29 is 4.79 Å². The van der Waals surface area contributed by atoms with Crippen LogP contribution in [0.2, 0.25) is 0 Å². The Bertz CT molecular complexity index is 138. The summed E-state index contributed by atoms with van der Waals surface area (Å²) < 4.78 is 0.676. The van der Waals surface area contributed by atoms with Crippen molar-refractivity contribution in [2.75, 3.05) is 13.1 Å². The molecule has 0 aromatic rings. The zero-order valence-corrected chi connectivity index (χ0v) is 8.30. The number of alkyl halides is 1. The van der Waals surface area contributed by atoms with Crippen LogP contribution in [0.3, 0.4) is 0 Å². The number of likely N-dealkylation sites (tertiary alicyclic amines) is 1. The second kappa shape index (κ2) is 3.55. The first-order valence-corrected chi connectivity index (χ1v) is 4.84. The summed E-state index contributed by atoms with van der Waals surface area (Å²) in [5.74, 6) is 0.223. The highest BCUT2D eigenvalue weighted by molar-refractivity contribution is 14.1. The van der Waals surface area contributed by atoms with E-state index in [2.05, 4.69) is 22.6 Å². The molecule has 0 aromatic heterocycles. The molecule has 0 N–H and O–H groups in total. The highest BCUT2D eigenvalue weighted by atomic mass is 127. The molecule has 1 fully saturated rings. The SMILES string of the molecule is CC(=O)N1CCCC(I)C1. The lowest BCUT2D eigenvalue weighted by molar-refractivity contribution is -0.129. The molecule has 0 bridgehead atoms. The van der Waals surface area contributed by atoms with Crippen molar-refractivity contribution in [3.8, 4) is 0 Å². The number of carbonyl (C=O) groups excluding carboxylic acids is 1. The molecule has 58 valence electrons. The van der Waals surface area contributed by atoms with Crippen molar-refractivity contribution in [2.24, 2.45) is 0 Å². The summed E-state index contributed by atoms with van der Waals surface area (Å²) in [4.78, 5) is 12.8. The lowest BCUT2D eigenvalue weighted by Crippen LogP contribution is -2.38. The van der Waals surface area contributed by atoms with E-state index in [4.69, 9.17) is 0 Å². The molecule has 0 saturated carbocycles. The zero-order chi connectivity index (χ0) is 7.56. The maximum absolute atomic E-state index is 10.9. The van der Waals surface area contributed by atoms with E-state index in [1.807, 2.05) is 4.90 Å². The summed E-state index contributed by atoms with van der Waals surface area (Å²) in [6.07, 6.45) is 2.44. The molecule has 10 heavy (non-hydrogen) atoms. The van der Waals surface area contributed by atoms with Gasteiger partial charge in [0.15, 0.2) is 0 Å². The molecular weight excluding hydrogens is 241 g/mol. The average Bonchev–Trinajstić information content (AvgIpc) is 1.88. The fourth-order valence-corrected chi connectivity index (χ4v) is 2.13. The van der Waals surface area contributed by atoms with Crippen LogP contribution in [0.4, 0.5) is 0 Å². The van der Waals surface area contributed by atoms with Crippen LogP contribution in [0, 0.1) is 0 Å². The molecule has 1 aliphatic rings. The van der Waals surface area contributed by atoms with Crippen LogP contribution in [-0.2, 0) is 4.79 Å².